The van der Waals surface area contributed by atoms with E-state index in [2.05, 4.69) is 5.32 Å². The number of nitrogens with zero attached hydrogens (tertiary/aromatic N) is 1. The van der Waals surface area contributed by atoms with Gasteiger partial charge in [-0.1, -0.05) is 47.8 Å². The Morgan fingerprint density at radius 1 is 0.968 bits per heavy atom. The number of benzene rings is 2. The zero-order valence-electron chi connectivity index (χ0n) is 17.1. The predicted molar refractivity (Wildman–Crippen MR) is 129 cm³/mol. The number of carbonyl (C=O) groups is 1. The zero-order valence-corrected chi connectivity index (χ0v) is 20.3. The molecule has 1 saturated heterocycles. The van der Waals surface area contributed by atoms with Gasteiger partial charge in [-0.2, -0.15) is 11.8 Å². The number of sulfonamides is 1. The maximum atomic E-state index is 12.5. The van der Waals surface area contributed by atoms with Crippen molar-refractivity contribution in [1.82, 2.24) is 9.62 Å². The number of nitrogens with one attached hydrogen (secondary N) is 1. The third-order valence-corrected chi connectivity index (χ3v) is 8.68. The van der Waals surface area contributed by atoms with E-state index in [9.17, 15) is 13.2 Å². The minimum absolute atomic E-state index is 0.0275. The fourth-order valence-electron chi connectivity index (χ4n) is 3.36. The van der Waals surface area contributed by atoms with Crippen LogP contribution in [0.2, 0.25) is 10.0 Å². The van der Waals surface area contributed by atoms with Crippen LogP contribution in [0.3, 0.4) is 0 Å². The van der Waals surface area contributed by atoms with Gasteiger partial charge in [0.1, 0.15) is 0 Å². The van der Waals surface area contributed by atoms with Gasteiger partial charge in [0.2, 0.25) is 10.0 Å². The Bertz CT molecular complexity index is 992. The first-order chi connectivity index (χ1) is 14.8. The molecular formula is C22H26Cl2N2O3S2. The first-order valence-electron chi connectivity index (χ1n) is 10.2. The molecule has 1 amide bonds. The predicted octanol–water partition coefficient (Wildman–Crippen LogP) is 4.97. The molecule has 2 aromatic carbocycles. The average molecular weight is 502 g/mol. The fraction of sp³-hybridized carbons (Fsp3) is 0.409. The van der Waals surface area contributed by atoms with Crippen LogP contribution in [0.25, 0.3) is 0 Å². The van der Waals surface area contributed by atoms with Crippen molar-refractivity contribution in [2.24, 2.45) is 0 Å². The molecule has 2 aromatic rings. The van der Waals surface area contributed by atoms with E-state index < -0.39 is 10.0 Å². The van der Waals surface area contributed by atoms with Crippen LogP contribution in [0.1, 0.15) is 40.7 Å². The molecule has 0 atom stereocenters. The van der Waals surface area contributed by atoms with E-state index in [0.717, 1.165) is 36.3 Å². The molecule has 0 bridgehead atoms. The van der Waals surface area contributed by atoms with Gasteiger partial charge < -0.3 is 5.32 Å². The summed E-state index contributed by atoms with van der Waals surface area (Å²) in [6, 6.07) is 12.4. The summed E-state index contributed by atoms with van der Waals surface area (Å²) in [5.74, 6) is 1.35. The maximum Gasteiger partial charge on any atom is 0.251 e. The summed E-state index contributed by atoms with van der Waals surface area (Å²) in [5, 5.41) is 3.97. The Balaban J connectivity index is 1.42. The van der Waals surface area contributed by atoms with Crippen molar-refractivity contribution in [1.29, 1.82) is 0 Å². The first kappa shape index (κ1) is 24.4. The number of thioether (sulfide) groups is 1. The monoisotopic (exact) mass is 500 g/mol. The number of hydrogen-bond acceptors (Lipinski definition) is 4. The first-order valence-corrected chi connectivity index (χ1v) is 13.7. The standard InChI is InChI=1S/C22H26Cl2N2O3S2/c23-20-9-6-18(14-21(20)24)15-30-13-10-25-22(27)19-7-4-17(5-8-19)16-31(28,29)26-11-2-1-3-12-26/h4-9,14H,1-3,10-13,15-16H2,(H,25,27). The summed E-state index contributed by atoms with van der Waals surface area (Å²) in [6.07, 6.45) is 2.93. The minimum atomic E-state index is -3.30. The van der Waals surface area contributed by atoms with Gasteiger partial charge in [-0.15, -0.1) is 0 Å². The van der Waals surface area contributed by atoms with Gasteiger partial charge in [0.15, 0.2) is 0 Å². The Labute approximate surface area is 198 Å². The van der Waals surface area contributed by atoms with Gasteiger partial charge in [-0.25, -0.2) is 12.7 Å². The molecule has 1 heterocycles. The fourth-order valence-corrected chi connectivity index (χ4v) is 6.09. The number of hydrogen-bond donors (Lipinski definition) is 1. The lowest BCUT2D eigenvalue weighted by Crippen LogP contribution is -2.36. The van der Waals surface area contributed by atoms with Gasteiger partial charge >= 0.3 is 0 Å². The third-order valence-electron chi connectivity index (χ3n) is 5.06. The topological polar surface area (TPSA) is 66.5 Å². The summed E-state index contributed by atoms with van der Waals surface area (Å²) in [5.41, 5.74) is 2.30. The van der Waals surface area contributed by atoms with E-state index >= 15 is 0 Å². The highest BCUT2D eigenvalue weighted by Gasteiger charge is 2.24. The Hall–Kier alpha value is -1.25. The molecule has 0 aliphatic carbocycles. The average Bonchev–Trinajstić information content (AvgIpc) is 2.76. The second-order valence-electron chi connectivity index (χ2n) is 7.47. The second kappa shape index (κ2) is 11.6. The lowest BCUT2D eigenvalue weighted by Gasteiger charge is -2.25. The summed E-state index contributed by atoms with van der Waals surface area (Å²) >= 11 is 13.6. The molecule has 1 N–H and O–H groups in total. The number of rotatable bonds is 9. The van der Waals surface area contributed by atoms with Gasteiger partial charge in [-0.3, -0.25) is 4.79 Å². The van der Waals surface area contributed by atoms with E-state index in [-0.39, 0.29) is 11.7 Å². The van der Waals surface area contributed by atoms with Gasteiger partial charge in [-0.05, 0) is 48.2 Å². The third kappa shape index (κ3) is 7.39. The highest BCUT2D eigenvalue weighted by Crippen LogP contribution is 2.24. The largest absolute Gasteiger partial charge is 0.351 e. The van der Waals surface area contributed by atoms with Crippen LogP contribution in [0, 0.1) is 0 Å². The van der Waals surface area contributed by atoms with Gasteiger partial charge in [0.25, 0.3) is 5.91 Å². The molecule has 31 heavy (non-hydrogen) atoms. The number of piperidine rings is 1. The zero-order chi connectivity index (χ0) is 22.3. The van der Waals surface area contributed by atoms with Crippen LogP contribution in [0.4, 0.5) is 0 Å². The molecule has 0 saturated carbocycles. The van der Waals surface area contributed by atoms with Crippen molar-refractivity contribution in [2.75, 3.05) is 25.4 Å². The van der Waals surface area contributed by atoms with E-state index in [1.165, 1.54) is 0 Å². The van der Waals surface area contributed by atoms with Crippen molar-refractivity contribution >= 4 is 50.9 Å². The van der Waals surface area contributed by atoms with E-state index in [4.69, 9.17) is 23.2 Å². The van der Waals surface area contributed by atoms with Crippen molar-refractivity contribution in [3.8, 4) is 0 Å². The van der Waals surface area contributed by atoms with E-state index in [1.54, 1.807) is 46.4 Å². The molecule has 0 unspecified atom stereocenters. The van der Waals surface area contributed by atoms with Crippen molar-refractivity contribution in [2.45, 2.75) is 30.8 Å². The molecule has 3 rings (SSSR count). The van der Waals surface area contributed by atoms with Gasteiger partial charge in [0, 0.05) is 36.7 Å². The Morgan fingerprint density at radius 3 is 2.32 bits per heavy atom. The second-order valence-corrected chi connectivity index (χ2v) is 11.4. The molecule has 5 nitrogen and oxygen atoms in total. The lowest BCUT2D eigenvalue weighted by atomic mass is 10.1. The maximum absolute atomic E-state index is 12.5. The van der Waals surface area contributed by atoms with Crippen molar-refractivity contribution in [3.63, 3.8) is 0 Å². The van der Waals surface area contributed by atoms with Crippen LogP contribution < -0.4 is 5.32 Å². The quantitative estimate of drug-likeness (QED) is 0.493. The molecule has 1 aliphatic heterocycles. The molecule has 0 spiro atoms. The summed E-state index contributed by atoms with van der Waals surface area (Å²) in [4.78, 5) is 12.3. The van der Waals surface area contributed by atoms with Crippen LogP contribution in [-0.2, 0) is 21.5 Å². The molecule has 1 fully saturated rings. The number of amides is 1. The molecule has 0 radical (unpaired) electrons. The van der Waals surface area contributed by atoms with E-state index in [0.29, 0.717) is 40.8 Å². The normalized spacial score (nSPS) is 15.0. The Kier molecular flexibility index (Phi) is 9.10. The minimum Gasteiger partial charge on any atom is -0.351 e. The van der Waals surface area contributed by atoms with E-state index in [1.807, 2.05) is 12.1 Å². The van der Waals surface area contributed by atoms with Crippen molar-refractivity contribution < 1.29 is 13.2 Å². The Morgan fingerprint density at radius 2 is 1.65 bits per heavy atom. The lowest BCUT2D eigenvalue weighted by molar-refractivity contribution is 0.0956. The van der Waals surface area contributed by atoms with Crippen molar-refractivity contribution in [3.05, 3.63) is 69.2 Å². The number of halogens is 2. The molecule has 168 valence electrons. The molecular weight excluding hydrogens is 475 g/mol. The SMILES string of the molecule is O=C(NCCSCc1ccc(Cl)c(Cl)c1)c1ccc(CS(=O)(=O)N2CCCCC2)cc1. The summed E-state index contributed by atoms with van der Waals surface area (Å²) in [7, 11) is -3.30. The van der Waals surface area contributed by atoms with Crippen LogP contribution >= 0.6 is 35.0 Å². The molecule has 1 aliphatic rings. The summed E-state index contributed by atoms with van der Waals surface area (Å²) < 4.78 is 26.7. The van der Waals surface area contributed by atoms with Crippen LogP contribution in [0.15, 0.2) is 42.5 Å². The van der Waals surface area contributed by atoms with Gasteiger partial charge in [0.05, 0.1) is 15.8 Å². The molecule has 0 aromatic heterocycles. The molecule has 9 heteroatoms. The number of carbonyl (C=O) groups excluding carboxylic acids is 1. The smallest absolute Gasteiger partial charge is 0.251 e. The highest BCUT2D eigenvalue weighted by atomic mass is 35.5. The van der Waals surface area contributed by atoms with Crippen LogP contribution in [-0.4, -0.2) is 44.0 Å². The summed E-state index contributed by atoms with van der Waals surface area (Å²) in [6.45, 7) is 1.74. The van der Waals surface area contributed by atoms with Crippen LogP contribution in [0.5, 0.6) is 0 Å². The highest BCUT2D eigenvalue weighted by molar-refractivity contribution is 7.98.